The van der Waals surface area contributed by atoms with E-state index < -0.39 is 7.75 Å². The summed E-state index contributed by atoms with van der Waals surface area (Å²) in [6.07, 6.45) is 3.07. The first-order chi connectivity index (χ1) is 5.58. The van der Waals surface area contributed by atoms with Crippen molar-refractivity contribution in [2.24, 2.45) is 0 Å². The van der Waals surface area contributed by atoms with E-state index in [1.165, 1.54) is 23.9 Å². The van der Waals surface area contributed by atoms with E-state index in [0.717, 1.165) is 0 Å². The lowest BCUT2D eigenvalue weighted by Gasteiger charge is -2.22. The largest absolute Gasteiger partial charge is 0.405 e. The van der Waals surface area contributed by atoms with Gasteiger partial charge >= 0.3 is 7.75 Å². The Morgan fingerprint density at radius 2 is 1.92 bits per heavy atom. The van der Waals surface area contributed by atoms with Crippen molar-refractivity contribution in [2.75, 3.05) is 20.2 Å². The van der Waals surface area contributed by atoms with Gasteiger partial charge in [-0.2, -0.15) is 0 Å². The predicted molar refractivity (Wildman–Crippen MR) is 48.8 cm³/mol. The van der Waals surface area contributed by atoms with Crippen molar-refractivity contribution in [1.29, 1.82) is 0 Å². The standard InChI is InChI=1S/C7H14NO3P/c1-4-6-8(7-5-2)12(9,10)11-3/h4-5H,1-2,6-7H2,3H3,(H,9,10). The van der Waals surface area contributed by atoms with Crippen molar-refractivity contribution in [2.45, 2.75) is 0 Å². The molecule has 0 aliphatic heterocycles. The number of hydrogen-bond acceptors (Lipinski definition) is 2. The minimum Gasteiger partial charge on any atom is -0.312 e. The third-order valence-electron chi connectivity index (χ3n) is 1.27. The van der Waals surface area contributed by atoms with E-state index in [1.807, 2.05) is 0 Å². The highest BCUT2D eigenvalue weighted by Gasteiger charge is 2.25. The summed E-state index contributed by atoms with van der Waals surface area (Å²) < 4.78 is 16.9. The Morgan fingerprint density at radius 3 is 2.17 bits per heavy atom. The van der Waals surface area contributed by atoms with E-state index >= 15 is 0 Å². The maximum atomic E-state index is 11.2. The molecule has 70 valence electrons. The second kappa shape index (κ2) is 5.27. The zero-order valence-electron chi connectivity index (χ0n) is 7.14. The van der Waals surface area contributed by atoms with Crippen molar-refractivity contribution in [3.63, 3.8) is 0 Å². The first-order valence-corrected chi connectivity index (χ1v) is 4.97. The van der Waals surface area contributed by atoms with E-state index in [1.54, 1.807) is 0 Å². The van der Waals surface area contributed by atoms with Crippen LogP contribution in [0.2, 0.25) is 0 Å². The lowest BCUT2D eigenvalue weighted by molar-refractivity contribution is 0.251. The Bertz CT molecular complexity index is 195. The number of hydrogen-bond donors (Lipinski definition) is 1. The van der Waals surface area contributed by atoms with Crippen LogP contribution < -0.4 is 0 Å². The molecule has 0 saturated carbocycles. The van der Waals surface area contributed by atoms with E-state index in [-0.39, 0.29) is 0 Å². The van der Waals surface area contributed by atoms with Gasteiger partial charge in [0, 0.05) is 20.2 Å². The molecule has 1 atom stereocenters. The average molecular weight is 191 g/mol. The van der Waals surface area contributed by atoms with Gasteiger partial charge in [0.25, 0.3) is 0 Å². The van der Waals surface area contributed by atoms with Crippen molar-refractivity contribution in [3.05, 3.63) is 25.3 Å². The monoisotopic (exact) mass is 191 g/mol. The van der Waals surface area contributed by atoms with Crippen molar-refractivity contribution < 1.29 is 14.0 Å². The highest BCUT2D eigenvalue weighted by Crippen LogP contribution is 2.44. The van der Waals surface area contributed by atoms with Gasteiger partial charge in [0.05, 0.1) is 0 Å². The van der Waals surface area contributed by atoms with Gasteiger partial charge in [-0.1, -0.05) is 12.2 Å². The number of nitrogens with zero attached hydrogens (tertiary/aromatic N) is 1. The molecule has 12 heavy (non-hydrogen) atoms. The lowest BCUT2D eigenvalue weighted by atomic mass is 10.5. The Labute approximate surface area is 72.7 Å². The molecule has 0 bridgehead atoms. The molecule has 0 saturated heterocycles. The van der Waals surface area contributed by atoms with Crippen LogP contribution in [0.4, 0.5) is 0 Å². The van der Waals surface area contributed by atoms with Gasteiger partial charge in [-0.15, -0.1) is 13.2 Å². The maximum Gasteiger partial charge on any atom is 0.405 e. The fraction of sp³-hybridized carbons (Fsp3) is 0.429. The Balaban J connectivity index is 4.36. The van der Waals surface area contributed by atoms with Crippen LogP contribution in [0.25, 0.3) is 0 Å². The normalized spacial score (nSPS) is 15.6. The second-order valence-electron chi connectivity index (χ2n) is 2.12. The summed E-state index contributed by atoms with van der Waals surface area (Å²) in [4.78, 5) is 9.21. The van der Waals surface area contributed by atoms with Gasteiger partial charge < -0.3 is 9.42 Å². The van der Waals surface area contributed by atoms with Gasteiger partial charge in [-0.05, 0) is 0 Å². The van der Waals surface area contributed by atoms with Crippen molar-refractivity contribution >= 4 is 7.75 Å². The highest BCUT2D eigenvalue weighted by molar-refractivity contribution is 7.50. The summed E-state index contributed by atoms with van der Waals surface area (Å²) >= 11 is 0. The minimum atomic E-state index is -3.63. The van der Waals surface area contributed by atoms with Crippen molar-refractivity contribution in [3.8, 4) is 0 Å². The van der Waals surface area contributed by atoms with Crippen LogP contribution in [0.5, 0.6) is 0 Å². The van der Waals surface area contributed by atoms with E-state index in [9.17, 15) is 9.46 Å². The van der Waals surface area contributed by atoms with Crippen LogP contribution in [0.1, 0.15) is 0 Å². The SMILES string of the molecule is C=CCN(CC=C)P(=O)(O)OC. The fourth-order valence-corrected chi connectivity index (χ4v) is 1.57. The van der Waals surface area contributed by atoms with Gasteiger partial charge in [0.15, 0.2) is 0 Å². The van der Waals surface area contributed by atoms with E-state index in [2.05, 4.69) is 17.7 Å². The molecule has 0 rings (SSSR count). The molecule has 0 amide bonds. The van der Waals surface area contributed by atoms with E-state index in [0.29, 0.717) is 13.1 Å². The molecule has 0 fully saturated rings. The molecule has 0 heterocycles. The molecule has 0 aromatic carbocycles. The smallest absolute Gasteiger partial charge is 0.312 e. The molecular weight excluding hydrogens is 177 g/mol. The molecule has 0 aromatic heterocycles. The Kier molecular flexibility index (Phi) is 5.09. The summed E-state index contributed by atoms with van der Waals surface area (Å²) in [5.74, 6) is 0. The average Bonchev–Trinajstić information content (AvgIpc) is 2.04. The van der Waals surface area contributed by atoms with Crippen LogP contribution in [0, 0.1) is 0 Å². The summed E-state index contributed by atoms with van der Waals surface area (Å²) in [6, 6.07) is 0. The van der Waals surface area contributed by atoms with Crippen LogP contribution >= 0.6 is 7.75 Å². The topological polar surface area (TPSA) is 49.8 Å². The molecule has 1 N–H and O–H groups in total. The third-order valence-corrected chi connectivity index (χ3v) is 2.79. The minimum absolute atomic E-state index is 0.299. The Hall–Kier alpha value is -0.410. The molecule has 0 aliphatic carbocycles. The molecule has 0 radical (unpaired) electrons. The zero-order valence-corrected chi connectivity index (χ0v) is 8.04. The third kappa shape index (κ3) is 3.32. The van der Waals surface area contributed by atoms with Gasteiger partial charge in [-0.3, -0.25) is 0 Å². The fourth-order valence-electron chi connectivity index (χ4n) is 0.694. The van der Waals surface area contributed by atoms with Crippen LogP contribution in [0.15, 0.2) is 25.3 Å². The van der Waals surface area contributed by atoms with Gasteiger partial charge in [0.2, 0.25) is 0 Å². The second-order valence-corrected chi connectivity index (χ2v) is 4.03. The summed E-state index contributed by atoms with van der Waals surface area (Å²) in [5, 5.41) is 0. The molecule has 0 aromatic rings. The zero-order chi connectivity index (χ0) is 9.61. The molecule has 4 nitrogen and oxygen atoms in total. The molecular formula is C7H14NO3P. The predicted octanol–water partition coefficient (Wildman–Crippen LogP) is 1.41. The summed E-state index contributed by atoms with van der Waals surface area (Å²) in [6.45, 7) is 7.53. The maximum absolute atomic E-state index is 11.2. The van der Waals surface area contributed by atoms with Gasteiger partial charge in [-0.25, -0.2) is 9.24 Å². The lowest BCUT2D eigenvalue weighted by Crippen LogP contribution is -2.21. The molecule has 5 heteroatoms. The quantitative estimate of drug-likeness (QED) is 0.509. The van der Waals surface area contributed by atoms with Gasteiger partial charge in [0.1, 0.15) is 0 Å². The number of rotatable bonds is 6. The van der Waals surface area contributed by atoms with Crippen LogP contribution in [-0.4, -0.2) is 29.8 Å². The summed E-state index contributed by atoms with van der Waals surface area (Å²) in [7, 11) is -2.43. The summed E-state index contributed by atoms with van der Waals surface area (Å²) in [5.41, 5.74) is 0. The first kappa shape index (κ1) is 11.6. The van der Waals surface area contributed by atoms with E-state index in [4.69, 9.17) is 0 Å². The molecule has 0 aliphatic rings. The van der Waals surface area contributed by atoms with Crippen LogP contribution in [0.3, 0.4) is 0 Å². The van der Waals surface area contributed by atoms with Crippen molar-refractivity contribution in [1.82, 2.24) is 4.67 Å². The Morgan fingerprint density at radius 1 is 1.50 bits per heavy atom. The van der Waals surface area contributed by atoms with Crippen LogP contribution in [-0.2, 0) is 9.09 Å². The molecule has 1 unspecified atom stereocenters. The first-order valence-electron chi connectivity index (χ1n) is 3.44. The molecule has 0 spiro atoms. The highest BCUT2D eigenvalue weighted by atomic mass is 31.2.